The minimum Gasteiger partial charge on any atom is -0.495 e. The molecular weight excluding hydrogens is 644 g/mol. The zero-order valence-corrected chi connectivity index (χ0v) is 29.3. The van der Waals surface area contributed by atoms with Gasteiger partial charge in [-0.05, 0) is 69.5 Å². The molecule has 2 saturated carbocycles. The van der Waals surface area contributed by atoms with Crippen LogP contribution in [-0.2, 0) is 28.5 Å². The number of hydrogen-bond acceptors (Lipinski definition) is 11. The van der Waals surface area contributed by atoms with Crippen molar-refractivity contribution < 1.29 is 53.4 Å². The summed E-state index contributed by atoms with van der Waals surface area (Å²) >= 11 is 0. The molecule has 0 bridgehead atoms. The molecule has 0 aromatic heterocycles. The molecule has 3 fully saturated rings. The molecule has 3 N–H and O–H groups in total. The van der Waals surface area contributed by atoms with Crippen molar-refractivity contribution in [1.82, 2.24) is 0 Å². The van der Waals surface area contributed by atoms with Crippen LogP contribution >= 0.6 is 0 Å². The second-order valence-corrected chi connectivity index (χ2v) is 14.9. The van der Waals surface area contributed by atoms with Gasteiger partial charge in [0, 0.05) is 13.3 Å². The number of aliphatic hydroxyl groups excluding tert-OH is 2. The largest absolute Gasteiger partial charge is 0.495 e. The molecule has 0 radical (unpaired) electrons. The van der Waals surface area contributed by atoms with E-state index in [2.05, 4.69) is 6.58 Å². The molecule has 1 aliphatic heterocycles. The number of carbonyl (C=O) groups excluding carboxylic acids is 3. The summed E-state index contributed by atoms with van der Waals surface area (Å²) in [7, 11) is 0. The standard InChI is InChI=1S/C39H46O11/c1-21(2)47-27-18-28-39(20-46-28,50-23(4)40)31-33(49-35(44)25-16-12-9-13-17-25)38(36(5,6)45)19-26(41)22(3)29(38)30(42)32(37(27,31)7)48-34(43)24-14-10-8-11-15-24/h8-17,26-28,30-33,41-42,45H,1,18-20H2,2-7H3/t26-,27-,28+,30+,31+,32-,33-,37+,38-,39-/m0/s1. The molecule has 1 heterocycles. The number of aliphatic hydroxyl groups is 3. The molecule has 0 unspecified atom stereocenters. The molecule has 11 nitrogen and oxygen atoms in total. The molecule has 50 heavy (non-hydrogen) atoms. The third-order valence-electron chi connectivity index (χ3n) is 11.5. The third-order valence-corrected chi connectivity index (χ3v) is 11.5. The lowest BCUT2D eigenvalue weighted by Crippen LogP contribution is -2.79. The molecule has 6 rings (SSSR count). The SMILES string of the molecule is C=C(C)O[C@H]1C[C@H]2OC[C@@]2(OC(C)=O)[C@@H]2[C@H](OC(=O)c3ccccc3)[C@]3(C(C)(C)O)C[C@H](O)C(C)=C3[C@@H](O)[C@H](OC(=O)c3ccccc3)[C@]12C. The second-order valence-electron chi connectivity index (χ2n) is 14.9. The maximum atomic E-state index is 14.2. The molecule has 2 aromatic rings. The molecule has 0 amide bonds. The Morgan fingerprint density at radius 2 is 1.44 bits per heavy atom. The summed E-state index contributed by atoms with van der Waals surface area (Å²) in [6, 6.07) is 16.6. The zero-order valence-electron chi connectivity index (χ0n) is 29.3. The number of ether oxygens (including phenoxy) is 5. The van der Waals surface area contributed by atoms with Crippen LogP contribution in [0.25, 0.3) is 0 Å². The summed E-state index contributed by atoms with van der Waals surface area (Å²) in [5, 5.41) is 36.7. The van der Waals surface area contributed by atoms with Gasteiger partial charge in [-0.3, -0.25) is 4.79 Å². The Labute approximate surface area is 291 Å². The van der Waals surface area contributed by atoms with E-state index in [1.54, 1.807) is 81.4 Å². The monoisotopic (exact) mass is 690 g/mol. The summed E-state index contributed by atoms with van der Waals surface area (Å²) in [6.07, 6.45) is -7.38. The first-order chi connectivity index (χ1) is 23.5. The highest BCUT2D eigenvalue weighted by Gasteiger charge is 2.80. The van der Waals surface area contributed by atoms with Crippen LogP contribution in [-0.4, -0.2) is 87.7 Å². The van der Waals surface area contributed by atoms with Crippen LogP contribution in [0.5, 0.6) is 0 Å². The Bertz CT molecular complexity index is 1700. The lowest BCUT2D eigenvalue weighted by Gasteiger charge is -2.65. The number of esters is 3. The van der Waals surface area contributed by atoms with E-state index in [0.717, 1.165) is 0 Å². The summed E-state index contributed by atoms with van der Waals surface area (Å²) in [5.41, 5.74) is -5.55. The van der Waals surface area contributed by atoms with Crippen LogP contribution < -0.4 is 0 Å². The van der Waals surface area contributed by atoms with Gasteiger partial charge < -0.3 is 39.0 Å². The number of allylic oxidation sites excluding steroid dienone is 1. The number of rotatable bonds is 8. The predicted octanol–water partition coefficient (Wildman–Crippen LogP) is 4.30. The Hall–Kier alpha value is -4.03. The molecule has 0 spiro atoms. The molecule has 268 valence electrons. The van der Waals surface area contributed by atoms with Gasteiger partial charge in [0.1, 0.15) is 30.5 Å². The highest BCUT2D eigenvalue weighted by Crippen LogP contribution is 2.68. The lowest BCUT2D eigenvalue weighted by atomic mass is 9.49. The van der Waals surface area contributed by atoms with Crippen molar-refractivity contribution >= 4 is 17.9 Å². The fraction of sp³-hybridized carbons (Fsp3) is 0.513. The summed E-state index contributed by atoms with van der Waals surface area (Å²) in [5.74, 6) is -2.95. The van der Waals surface area contributed by atoms with Crippen LogP contribution in [0.15, 0.2) is 84.1 Å². The summed E-state index contributed by atoms with van der Waals surface area (Å²) in [4.78, 5) is 41.2. The minimum atomic E-state index is -1.79. The van der Waals surface area contributed by atoms with Gasteiger partial charge in [0.2, 0.25) is 0 Å². The van der Waals surface area contributed by atoms with E-state index in [-0.39, 0.29) is 36.1 Å². The quantitative estimate of drug-likeness (QED) is 0.157. The van der Waals surface area contributed by atoms with Crippen LogP contribution in [0.2, 0.25) is 0 Å². The van der Waals surface area contributed by atoms with Crippen LogP contribution in [0.3, 0.4) is 0 Å². The maximum absolute atomic E-state index is 14.2. The van der Waals surface area contributed by atoms with Crippen molar-refractivity contribution in [3.63, 3.8) is 0 Å². The highest BCUT2D eigenvalue weighted by atomic mass is 16.6. The van der Waals surface area contributed by atoms with E-state index in [1.165, 1.54) is 20.8 Å². The van der Waals surface area contributed by atoms with Crippen molar-refractivity contribution in [2.75, 3.05) is 6.61 Å². The Morgan fingerprint density at radius 1 is 0.900 bits per heavy atom. The average molecular weight is 691 g/mol. The van der Waals surface area contributed by atoms with Gasteiger partial charge in [-0.15, -0.1) is 0 Å². The van der Waals surface area contributed by atoms with Crippen molar-refractivity contribution in [3.05, 3.63) is 95.3 Å². The Balaban J connectivity index is 1.69. The van der Waals surface area contributed by atoms with Crippen LogP contribution in [0.4, 0.5) is 0 Å². The van der Waals surface area contributed by atoms with Crippen LogP contribution in [0.1, 0.15) is 75.1 Å². The number of benzene rings is 2. The van der Waals surface area contributed by atoms with Gasteiger partial charge in [0.05, 0.1) is 51.9 Å². The number of hydrogen-bond donors (Lipinski definition) is 3. The second kappa shape index (κ2) is 12.6. The first-order valence-electron chi connectivity index (χ1n) is 16.9. The first kappa shape index (κ1) is 35.8. The predicted molar refractivity (Wildman–Crippen MR) is 179 cm³/mol. The number of carbonyl (C=O) groups is 3. The molecule has 1 saturated heterocycles. The molecular formula is C39H46O11. The topological polar surface area (TPSA) is 158 Å². The lowest BCUT2D eigenvalue weighted by molar-refractivity contribution is -0.351. The fourth-order valence-corrected chi connectivity index (χ4v) is 9.33. The summed E-state index contributed by atoms with van der Waals surface area (Å²) < 4.78 is 31.8. The Kier molecular flexibility index (Phi) is 9.04. The minimum absolute atomic E-state index is 0.116. The summed E-state index contributed by atoms with van der Waals surface area (Å²) in [6.45, 7) is 13.2. The molecule has 11 heteroatoms. The highest BCUT2D eigenvalue weighted by molar-refractivity contribution is 5.90. The maximum Gasteiger partial charge on any atom is 0.338 e. The van der Waals surface area contributed by atoms with Crippen LogP contribution in [0, 0.1) is 16.7 Å². The van der Waals surface area contributed by atoms with Gasteiger partial charge in [-0.1, -0.05) is 49.9 Å². The van der Waals surface area contributed by atoms with Crippen molar-refractivity contribution in [2.24, 2.45) is 16.7 Å². The molecule has 2 aromatic carbocycles. The van der Waals surface area contributed by atoms with Gasteiger partial charge in [-0.25, -0.2) is 9.59 Å². The van der Waals surface area contributed by atoms with Crippen molar-refractivity contribution in [2.45, 2.75) is 102 Å². The normalized spacial score (nSPS) is 36.1. The van der Waals surface area contributed by atoms with Crippen molar-refractivity contribution in [1.29, 1.82) is 0 Å². The first-order valence-corrected chi connectivity index (χ1v) is 16.9. The molecule has 4 aliphatic rings. The third kappa shape index (κ3) is 5.37. The average Bonchev–Trinajstić information content (AvgIpc) is 3.30. The van der Waals surface area contributed by atoms with E-state index >= 15 is 0 Å². The molecule has 3 aliphatic carbocycles. The molecule has 10 atom stereocenters. The smallest absolute Gasteiger partial charge is 0.338 e. The van der Waals surface area contributed by atoms with E-state index < -0.39 is 82.5 Å². The van der Waals surface area contributed by atoms with E-state index in [4.69, 9.17) is 23.7 Å². The van der Waals surface area contributed by atoms with Gasteiger partial charge >= 0.3 is 17.9 Å². The van der Waals surface area contributed by atoms with E-state index in [0.29, 0.717) is 11.3 Å². The van der Waals surface area contributed by atoms with Gasteiger partial charge in [0.15, 0.2) is 5.60 Å². The van der Waals surface area contributed by atoms with E-state index in [1.807, 2.05) is 0 Å². The van der Waals surface area contributed by atoms with Gasteiger partial charge in [0.25, 0.3) is 0 Å². The van der Waals surface area contributed by atoms with Gasteiger partial charge in [-0.2, -0.15) is 0 Å². The Morgan fingerprint density at radius 3 is 1.90 bits per heavy atom. The van der Waals surface area contributed by atoms with Crippen molar-refractivity contribution in [3.8, 4) is 0 Å². The van der Waals surface area contributed by atoms with E-state index in [9.17, 15) is 29.7 Å². The zero-order chi connectivity index (χ0) is 36.4. The number of fused-ring (bicyclic) bond motifs is 4. The fourth-order valence-electron chi connectivity index (χ4n) is 9.33.